The molecular weight excluding hydrogens is 270 g/mol. The Kier molecular flexibility index (Phi) is 6.24. The summed E-state index contributed by atoms with van der Waals surface area (Å²) in [4.78, 5) is 2.41. The second kappa shape index (κ2) is 8.41. The third-order valence-corrected chi connectivity index (χ3v) is 3.90. The summed E-state index contributed by atoms with van der Waals surface area (Å²) in [5.41, 5.74) is 2.33. The van der Waals surface area contributed by atoms with Crippen molar-refractivity contribution in [3.05, 3.63) is 53.9 Å². The number of aryl methyl sites for hydroxylation is 1. The first-order chi connectivity index (χ1) is 10.7. The van der Waals surface area contributed by atoms with E-state index in [9.17, 15) is 0 Å². The molecule has 0 spiro atoms. The summed E-state index contributed by atoms with van der Waals surface area (Å²) in [6, 6.07) is 10.7. The smallest absolute Gasteiger partial charge is 0.0610 e. The average molecular weight is 295 g/mol. The van der Waals surface area contributed by atoms with Crippen molar-refractivity contribution in [3.63, 3.8) is 0 Å². The highest BCUT2D eigenvalue weighted by molar-refractivity contribution is 5.33. The molecule has 0 saturated carbocycles. The second-order valence-corrected chi connectivity index (χ2v) is 5.53. The topological polar surface area (TPSA) is 21.1 Å². The van der Waals surface area contributed by atoms with Crippen LogP contribution in [0.15, 0.2) is 42.7 Å². The molecule has 0 aliphatic rings. The van der Waals surface area contributed by atoms with Crippen LogP contribution in [0.1, 0.15) is 38.3 Å². The quantitative estimate of drug-likeness (QED) is 0.760. The molecule has 3 nitrogen and oxygen atoms in total. The Morgan fingerprint density at radius 2 is 2.00 bits per heavy atom. The van der Waals surface area contributed by atoms with Crippen LogP contribution in [0.3, 0.4) is 0 Å². The van der Waals surface area contributed by atoms with Crippen molar-refractivity contribution in [1.29, 1.82) is 0 Å². The zero-order valence-electron chi connectivity index (χ0n) is 13.8. The van der Waals surface area contributed by atoms with Crippen molar-refractivity contribution in [1.82, 2.24) is 14.7 Å². The number of aromatic nitrogens is 2. The standard InChI is InChI=1S/C19H25N3/c1-4-17(3)21(15-19-14-20-22(5-2)16-19)13-9-12-18-10-7-6-8-11-18/h6-8,10-11,14,16-17H,4-5,13,15H2,1-3H3/t17-/m0/s1. The molecule has 0 amide bonds. The van der Waals surface area contributed by atoms with E-state index >= 15 is 0 Å². The molecule has 0 radical (unpaired) electrons. The Bertz CT molecular complexity index is 619. The van der Waals surface area contributed by atoms with Gasteiger partial charge in [0.25, 0.3) is 0 Å². The van der Waals surface area contributed by atoms with Crippen LogP contribution in [0.25, 0.3) is 0 Å². The summed E-state index contributed by atoms with van der Waals surface area (Å²) in [6.07, 6.45) is 5.21. The number of nitrogens with zero attached hydrogens (tertiary/aromatic N) is 3. The van der Waals surface area contributed by atoms with Crippen molar-refractivity contribution in [2.75, 3.05) is 6.54 Å². The van der Waals surface area contributed by atoms with E-state index in [1.807, 2.05) is 41.2 Å². The normalized spacial score (nSPS) is 12.0. The van der Waals surface area contributed by atoms with Gasteiger partial charge in [-0.3, -0.25) is 9.58 Å². The predicted octanol–water partition coefficient (Wildman–Crippen LogP) is 3.56. The Balaban J connectivity index is 2.02. The highest BCUT2D eigenvalue weighted by Gasteiger charge is 2.12. The van der Waals surface area contributed by atoms with E-state index < -0.39 is 0 Å². The number of hydrogen-bond acceptors (Lipinski definition) is 2. The zero-order valence-corrected chi connectivity index (χ0v) is 13.8. The van der Waals surface area contributed by atoms with E-state index in [2.05, 4.69) is 48.8 Å². The van der Waals surface area contributed by atoms with E-state index in [4.69, 9.17) is 0 Å². The Labute approximate surface area is 134 Å². The summed E-state index contributed by atoms with van der Waals surface area (Å²) in [7, 11) is 0. The lowest BCUT2D eigenvalue weighted by atomic mass is 10.2. The van der Waals surface area contributed by atoms with Crippen molar-refractivity contribution < 1.29 is 0 Å². The van der Waals surface area contributed by atoms with E-state index in [0.29, 0.717) is 6.04 Å². The second-order valence-electron chi connectivity index (χ2n) is 5.53. The van der Waals surface area contributed by atoms with Gasteiger partial charge in [0.05, 0.1) is 12.7 Å². The molecule has 0 saturated heterocycles. The molecule has 1 aromatic carbocycles. The molecule has 1 atom stereocenters. The minimum atomic E-state index is 0.509. The minimum absolute atomic E-state index is 0.509. The van der Waals surface area contributed by atoms with Crippen molar-refractivity contribution >= 4 is 0 Å². The zero-order chi connectivity index (χ0) is 15.8. The van der Waals surface area contributed by atoms with E-state index in [0.717, 1.165) is 31.6 Å². The summed E-state index contributed by atoms with van der Waals surface area (Å²) in [5.74, 6) is 6.55. The lowest BCUT2D eigenvalue weighted by molar-refractivity contribution is 0.221. The lowest BCUT2D eigenvalue weighted by Gasteiger charge is -2.25. The first-order valence-electron chi connectivity index (χ1n) is 8.02. The predicted molar refractivity (Wildman–Crippen MR) is 91.4 cm³/mol. The Morgan fingerprint density at radius 1 is 1.23 bits per heavy atom. The van der Waals surface area contributed by atoms with Crippen LogP contribution in [-0.2, 0) is 13.1 Å². The monoisotopic (exact) mass is 295 g/mol. The molecule has 0 bridgehead atoms. The number of rotatable bonds is 6. The molecule has 1 heterocycles. The van der Waals surface area contributed by atoms with Gasteiger partial charge in [-0.05, 0) is 32.4 Å². The molecule has 1 aromatic heterocycles. The maximum Gasteiger partial charge on any atom is 0.0610 e. The average Bonchev–Trinajstić information content (AvgIpc) is 3.02. The maximum absolute atomic E-state index is 4.35. The van der Waals surface area contributed by atoms with Gasteiger partial charge in [-0.15, -0.1) is 0 Å². The van der Waals surface area contributed by atoms with Crippen molar-refractivity contribution in [3.8, 4) is 11.8 Å². The third-order valence-electron chi connectivity index (χ3n) is 3.90. The minimum Gasteiger partial charge on any atom is -0.285 e. The summed E-state index contributed by atoms with van der Waals surface area (Å²) in [6.45, 7) is 9.18. The van der Waals surface area contributed by atoms with Gasteiger partial charge in [-0.2, -0.15) is 5.10 Å². The fraction of sp³-hybridized carbons (Fsp3) is 0.421. The fourth-order valence-electron chi connectivity index (χ4n) is 2.29. The first kappa shape index (κ1) is 16.3. The van der Waals surface area contributed by atoms with Crippen LogP contribution < -0.4 is 0 Å². The van der Waals surface area contributed by atoms with Crippen LogP contribution >= 0.6 is 0 Å². The molecule has 3 heteroatoms. The van der Waals surface area contributed by atoms with Crippen LogP contribution in [0.2, 0.25) is 0 Å². The molecular formula is C19H25N3. The van der Waals surface area contributed by atoms with Crippen molar-refractivity contribution in [2.45, 2.75) is 46.3 Å². The third kappa shape index (κ3) is 4.75. The lowest BCUT2D eigenvalue weighted by Crippen LogP contribution is -2.32. The molecule has 2 rings (SSSR count). The first-order valence-corrected chi connectivity index (χ1v) is 8.02. The fourth-order valence-corrected chi connectivity index (χ4v) is 2.29. The molecule has 0 aliphatic heterocycles. The van der Waals surface area contributed by atoms with Crippen LogP contribution in [-0.4, -0.2) is 27.3 Å². The molecule has 0 N–H and O–H groups in total. The maximum atomic E-state index is 4.35. The van der Waals surface area contributed by atoms with Gasteiger partial charge in [0, 0.05) is 36.5 Å². The highest BCUT2D eigenvalue weighted by atomic mass is 15.3. The van der Waals surface area contributed by atoms with E-state index in [1.54, 1.807) is 0 Å². The van der Waals surface area contributed by atoms with Crippen LogP contribution in [0, 0.1) is 11.8 Å². The summed E-state index contributed by atoms with van der Waals surface area (Å²) in [5, 5.41) is 4.35. The van der Waals surface area contributed by atoms with Gasteiger partial charge >= 0.3 is 0 Å². The molecule has 0 unspecified atom stereocenters. The molecule has 0 aliphatic carbocycles. The summed E-state index contributed by atoms with van der Waals surface area (Å²) < 4.78 is 1.97. The van der Waals surface area contributed by atoms with Gasteiger partial charge in [0.2, 0.25) is 0 Å². The van der Waals surface area contributed by atoms with Gasteiger partial charge in [0.15, 0.2) is 0 Å². The molecule has 2 aromatic rings. The van der Waals surface area contributed by atoms with E-state index in [1.165, 1.54) is 5.56 Å². The van der Waals surface area contributed by atoms with Crippen LogP contribution in [0.4, 0.5) is 0 Å². The van der Waals surface area contributed by atoms with Crippen LogP contribution in [0.5, 0.6) is 0 Å². The Hall–Kier alpha value is -2.05. The van der Waals surface area contributed by atoms with E-state index in [-0.39, 0.29) is 0 Å². The number of benzene rings is 1. The van der Waals surface area contributed by atoms with Gasteiger partial charge in [0.1, 0.15) is 0 Å². The molecule has 116 valence electrons. The van der Waals surface area contributed by atoms with Gasteiger partial charge < -0.3 is 0 Å². The molecule has 22 heavy (non-hydrogen) atoms. The molecule has 0 fully saturated rings. The summed E-state index contributed by atoms with van der Waals surface area (Å²) >= 11 is 0. The highest BCUT2D eigenvalue weighted by Crippen LogP contribution is 2.10. The largest absolute Gasteiger partial charge is 0.285 e. The SMILES string of the molecule is CC[C@H](C)N(CC#Cc1ccccc1)Cc1cnn(CC)c1. The van der Waals surface area contributed by atoms with Gasteiger partial charge in [-0.1, -0.05) is 37.0 Å². The Morgan fingerprint density at radius 3 is 2.64 bits per heavy atom. The van der Waals surface area contributed by atoms with Gasteiger partial charge in [-0.25, -0.2) is 0 Å². The number of hydrogen-bond donors (Lipinski definition) is 0. The van der Waals surface area contributed by atoms with Crippen molar-refractivity contribution in [2.24, 2.45) is 0 Å².